The van der Waals surface area contributed by atoms with E-state index in [0.29, 0.717) is 5.56 Å². The van der Waals surface area contributed by atoms with Crippen LogP contribution >= 0.6 is 23.2 Å². The first-order valence-corrected chi connectivity index (χ1v) is 8.53. The Bertz CT molecular complexity index is 1120. The lowest BCUT2D eigenvalue weighted by molar-refractivity contribution is -0.384. The molecule has 2 amide bonds. The molecule has 4 rings (SSSR count). The number of carbonyl (C=O) groups is 2. The van der Waals surface area contributed by atoms with Crippen LogP contribution in [0.2, 0.25) is 10.0 Å². The van der Waals surface area contributed by atoms with Crippen LogP contribution in [0.5, 0.6) is 0 Å². The van der Waals surface area contributed by atoms with Crippen LogP contribution in [0.25, 0.3) is 11.4 Å². The molecule has 1 aliphatic rings. The standard InChI is InChI=1S/C17H8Cl2N4O5/c18-12-5-10-11(6-13(12)19)17(25)22(16(10)24)7-14-20-15(21-28-14)8-2-1-3-9(4-8)23(26)27/h1-6H,7H2. The number of aromatic nitrogens is 2. The number of non-ortho nitro benzene ring substituents is 1. The highest BCUT2D eigenvalue weighted by Gasteiger charge is 2.37. The van der Waals surface area contributed by atoms with Crippen LogP contribution in [-0.2, 0) is 6.54 Å². The highest BCUT2D eigenvalue weighted by Crippen LogP contribution is 2.32. The number of nitrogens with zero attached hydrogens (tertiary/aromatic N) is 4. The number of hydrogen-bond acceptors (Lipinski definition) is 7. The van der Waals surface area contributed by atoms with Crippen LogP contribution in [0.3, 0.4) is 0 Å². The normalized spacial score (nSPS) is 13.1. The number of nitro benzene ring substituents is 1. The molecule has 0 spiro atoms. The van der Waals surface area contributed by atoms with Gasteiger partial charge in [0.2, 0.25) is 11.7 Å². The fourth-order valence-electron chi connectivity index (χ4n) is 2.76. The highest BCUT2D eigenvalue weighted by molar-refractivity contribution is 6.43. The molecule has 1 aromatic heterocycles. The summed E-state index contributed by atoms with van der Waals surface area (Å²) in [4.78, 5) is 40.4. The minimum Gasteiger partial charge on any atom is -0.337 e. The van der Waals surface area contributed by atoms with Gasteiger partial charge in [-0.25, -0.2) is 0 Å². The second-order valence-electron chi connectivity index (χ2n) is 5.83. The molecule has 0 unspecified atom stereocenters. The number of benzene rings is 2. The summed E-state index contributed by atoms with van der Waals surface area (Å²) >= 11 is 11.8. The zero-order valence-corrected chi connectivity index (χ0v) is 15.3. The number of hydrogen-bond donors (Lipinski definition) is 0. The first-order valence-electron chi connectivity index (χ1n) is 7.78. The minimum atomic E-state index is -0.561. The lowest BCUT2D eigenvalue weighted by Gasteiger charge is -2.09. The zero-order valence-electron chi connectivity index (χ0n) is 13.8. The van der Waals surface area contributed by atoms with Crippen molar-refractivity contribution >= 4 is 40.7 Å². The van der Waals surface area contributed by atoms with E-state index < -0.39 is 16.7 Å². The number of amides is 2. The van der Waals surface area contributed by atoms with Crippen molar-refractivity contribution in [1.82, 2.24) is 15.0 Å². The van der Waals surface area contributed by atoms with Crippen molar-refractivity contribution in [1.29, 1.82) is 0 Å². The third-order valence-electron chi connectivity index (χ3n) is 4.09. The number of halogens is 2. The molecule has 140 valence electrons. The third kappa shape index (κ3) is 3.00. The number of nitro groups is 1. The van der Waals surface area contributed by atoms with E-state index in [9.17, 15) is 19.7 Å². The Kier molecular flexibility index (Phi) is 4.33. The van der Waals surface area contributed by atoms with Gasteiger partial charge in [-0.1, -0.05) is 40.5 Å². The number of fused-ring (bicyclic) bond motifs is 1. The van der Waals surface area contributed by atoms with Crippen LogP contribution in [-0.4, -0.2) is 31.8 Å². The third-order valence-corrected chi connectivity index (χ3v) is 4.81. The van der Waals surface area contributed by atoms with Gasteiger partial charge < -0.3 is 4.52 Å². The summed E-state index contributed by atoms with van der Waals surface area (Å²) in [5.41, 5.74) is 0.513. The zero-order chi connectivity index (χ0) is 20.0. The summed E-state index contributed by atoms with van der Waals surface area (Å²) in [6.07, 6.45) is 0. The first-order chi connectivity index (χ1) is 13.3. The van der Waals surface area contributed by atoms with Gasteiger partial charge in [-0.15, -0.1) is 0 Å². The predicted molar refractivity (Wildman–Crippen MR) is 97.1 cm³/mol. The Balaban J connectivity index is 1.60. The van der Waals surface area contributed by atoms with E-state index in [0.717, 1.165) is 4.90 Å². The lowest BCUT2D eigenvalue weighted by atomic mass is 10.1. The summed E-state index contributed by atoms with van der Waals surface area (Å²) < 4.78 is 5.10. The summed E-state index contributed by atoms with van der Waals surface area (Å²) in [6.45, 7) is -0.260. The van der Waals surface area contributed by atoms with Crippen molar-refractivity contribution in [2.45, 2.75) is 6.54 Å². The molecule has 0 aliphatic carbocycles. The van der Waals surface area contributed by atoms with E-state index in [-0.39, 0.29) is 45.1 Å². The molecule has 3 aromatic rings. The summed E-state index contributed by atoms with van der Waals surface area (Å²) in [6, 6.07) is 8.36. The highest BCUT2D eigenvalue weighted by atomic mass is 35.5. The molecule has 0 saturated carbocycles. The molecule has 2 aromatic carbocycles. The fraction of sp³-hybridized carbons (Fsp3) is 0.0588. The van der Waals surface area contributed by atoms with E-state index >= 15 is 0 Å². The smallest absolute Gasteiger partial charge is 0.270 e. The van der Waals surface area contributed by atoms with Crippen LogP contribution in [0.4, 0.5) is 5.69 Å². The average molecular weight is 419 g/mol. The Labute approximate surface area is 166 Å². The monoisotopic (exact) mass is 418 g/mol. The molecule has 1 aliphatic heterocycles. The van der Waals surface area contributed by atoms with Crippen LogP contribution in [0, 0.1) is 10.1 Å². The SMILES string of the molecule is O=C1c2cc(Cl)c(Cl)cc2C(=O)N1Cc1nc(-c2cccc([N+](=O)[O-])c2)no1. The molecule has 0 bridgehead atoms. The Hall–Kier alpha value is -3.30. The van der Waals surface area contributed by atoms with Crippen molar-refractivity contribution in [3.63, 3.8) is 0 Å². The minimum absolute atomic E-state index is 0.00629. The summed E-state index contributed by atoms with van der Waals surface area (Å²) in [7, 11) is 0. The first kappa shape index (κ1) is 18.1. The van der Waals surface area contributed by atoms with Crippen molar-refractivity contribution in [2.24, 2.45) is 0 Å². The summed E-state index contributed by atoms with van der Waals surface area (Å²) in [5.74, 6) is -1.03. The van der Waals surface area contributed by atoms with E-state index in [2.05, 4.69) is 10.1 Å². The van der Waals surface area contributed by atoms with Gasteiger partial charge in [0.15, 0.2) is 0 Å². The molecule has 0 fully saturated rings. The van der Waals surface area contributed by atoms with Crippen molar-refractivity contribution in [2.75, 3.05) is 0 Å². The maximum atomic E-state index is 12.5. The number of rotatable bonds is 4. The Morgan fingerprint density at radius 2 is 1.71 bits per heavy atom. The summed E-state index contributed by atoms with van der Waals surface area (Å²) in [5, 5.41) is 15.0. The molecular weight excluding hydrogens is 411 g/mol. The van der Waals surface area contributed by atoms with Gasteiger partial charge in [-0.05, 0) is 12.1 Å². The average Bonchev–Trinajstić information content (AvgIpc) is 3.23. The topological polar surface area (TPSA) is 119 Å². The molecule has 9 nitrogen and oxygen atoms in total. The van der Waals surface area contributed by atoms with Gasteiger partial charge in [-0.3, -0.25) is 24.6 Å². The molecule has 0 N–H and O–H groups in total. The maximum Gasteiger partial charge on any atom is 0.270 e. The van der Waals surface area contributed by atoms with Gasteiger partial charge in [0.05, 0.1) is 26.1 Å². The Morgan fingerprint density at radius 1 is 1.07 bits per heavy atom. The second-order valence-corrected chi connectivity index (χ2v) is 6.64. The van der Waals surface area contributed by atoms with Crippen LogP contribution in [0.15, 0.2) is 40.9 Å². The van der Waals surface area contributed by atoms with E-state index in [1.165, 1.54) is 30.3 Å². The molecule has 2 heterocycles. The fourth-order valence-corrected chi connectivity index (χ4v) is 3.08. The molecular formula is C17H8Cl2N4O5. The number of imide groups is 1. The molecule has 0 saturated heterocycles. The second kappa shape index (κ2) is 6.70. The predicted octanol–water partition coefficient (Wildman–Crippen LogP) is 3.75. The van der Waals surface area contributed by atoms with Crippen molar-refractivity contribution in [3.05, 3.63) is 73.6 Å². The van der Waals surface area contributed by atoms with Gasteiger partial charge in [0, 0.05) is 17.7 Å². The Morgan fingerprint density at radius 3 is 2.32 bits per heavy atom. The van der Waals surface area contributed by atoms with Gasteiger partial charge >= 0.3 is 0 Å². The molecule has 0 atom stereocenters. The molecule has 11 heteroatoms. The largest absolute Gasteiger partial charge is 0.337 e. The van der Waals surface area contributed by atoms with Gasteiger partial charge in [0.1, 0.15) is 6.54 Å². The van der Waals surface area contributed by atoms with Crippen LogP contribution < -0.4 is 0 Å². The van der Waals surface area contributed by atoms with Gasteiger partial charge in [-0.2, -0.15) is 4.98 Å². The van der Waals surface area contributed by atoms with E-state index in [4.69, 9.17) is 27.7 Å². The van der Waals surface area contributed by atoms with Crippen LogP contribution in [0.1, 0.15) is 26.6 Å². The quantitative estimate of drug-likeness (QED) is 0.359. The molecule has 0 radical (unpaired) electrons. The van der Waals surface area contributed by atoms with E-state index in [1.807, 2.05) is 0 Å². The molecule has 28 heavy (non-hydrogen) atoms. The van der Waals surface area contributed by atoms with Crippen molar-refractivity contribution < 1.29 is 19.0 Å². The number of carbonyl (C=O) groups excluding carboxylic acids is 2. The lowest BCUT2D eigenvalue weighted by Crippen LogP contribution is -2.29. The maximum absolute atomic E-state index is 12.5. The van der Waals surface area contributed by atoms with Crippen molar-refractivity contribution in [3.8, 4) is 11.4 Å². The van der Waals surface area contributed by atoms with Gasteiger partial charge in [0.25, 0.3) is 17.5 Å². The van der Waals surface area contributed by atoms with E-state index in [1.54, 1.807) is 6.07 Å².